The maximum atomic E-state index is 4.34. The predicted octanol–water partition coefficient (Wildman–Crippen LogP) is 1.72. The minimum Gasteiger partial charge on any atom is -0.296 e. The Bertz CT molecular complexity index is 149. The van der Waals surface area contributed by atoms with Gasteiger partial charge >= 0.3 is 0 Å². The second-order valence-corrected chi connectivity index (χ2v) is 3.42. The molecule has 0 fully saturated rings. The molecule has 0 N–H and O–H groups in total. The summed E-state index contributed by atoms with van der Waals surface area (Å²) in [5.41, 5.74) is 1.27. The smallest absolute Gasteiger partial charge is 0.0542 e. The summed E-state index contributed by atoms with van der Waals surface area (Å²) in [5.74, 6) is 0.714. The Balaban J connectivity index is 2.55. The molecule has 0 bridgehead atoms. The van der Waals surface area contributed by atoms with Crippen LogP contribution in [0.25, 0.3) is 0 Å². The third kappa shape index (κ3) is 1.31. The lowest BCUT2D eigenvalue weighted by atomic mass is 10.0. The molecule has 0 aromatic carbocycles. The highest BCUT2D eigenvalue weighted by Crippen LogP contribution is 2.19. The second-order valence-electron chi connectivity index (χ2n) is 3.42. The maximum Gasteiger partial charge on any atom is 0.0542 e. The van der Waals surface area contributed by atoms with E-state index in [4.69, 9.17) is 0 Å². The summed E-state index contributed by atoms with van der Waals surface area (Å²) in [4.78, 5) is 0. The third-order valence-electron chi connectivity index (χ3n) is 2.08. The number of nitrogens with zero attached hydrogens (tertiary/aromatic N) is 2. The van der Waals surface area contributed by atoms with Gasteiger partial charge in [0.25, 0.3) is 0 Å². The molecule has 0 aliphatic carbocycles. The molecule has 0 aromatic rings. The molecule has 0 aromatic heterocycles. The van der Waals surface area contributed by atoms with Crippen molar-refractivity contribution in [1.29, 1.82) is 0 Å². The summed E-state index contributed by atoms with van der Waals surface area (Å²) < 4.78 is 0. The number of hydrogen-bond acceptors (Lipinski definition) is 2. The van der Waals surface area contributed by atoms with Crippen LogP contribution in [0.4, 0.5) is 0 Å². The van der Waals surface area contributed by atoms with Gasteiger partial charge in [0.1, 0.15) is 0 Å². The van der Waals surface area contributed by atoms with Crippen molar-refractivity contribution >= 4 is 5.71 Å². The first kappa shape index (κ1) is 7.58. The van der Waals surface area contributed by atoms with Crippen LogP contribution >= 0.6 is 0 Å². The van der Waals surface area contributed by atoms with E-state index in [0.29, 0.717) is 12.0 Å². The van der Waals surface area contributed by atoms with Crippen molar-refractivity contribution in [2.24, 2.45) is 11.0 Å². The molecule has 1 unspecified atom stereocenters. The van der Waals surface area contributed by atoms with E-state index >= 15 is 0 Å². The van der Waals surface area contributed by atoms with Gasteiger partial charge in [0.2, 0.25) is 0 Å². The zero-order valence-electron chi connectivity index (χ0n) is 7.26. The molecule has 2 heteroatoms. The van der Waals surface area contributed by atoms with Crippen molar-refractivity contribution < 1.29 is 0 Å². The van der Waals surface area contributed by atoms with E-state index in [9.17, 15) is 0 Å². The standard InChI is InChI=1S/C8H16N2/c1-6(2)8-5-7(3)9-10(8)4/h6,8H,5H2,1-4H3. The summed E-state index contributed by atoms with van der Waals surface area (Å²) in [6, 6.07) is 0.639. The van der Waals surface area contributed by atoms with Gasteiger partial charge in [-0.25, -0.2) is 0 Å². The first-order valence-corrected chi connectivity index (χ1v) is 3.88. The second kappa shape index (κ2) is 2.60. The van der Waals surface area contributed by atoms with Gasteiger partial charge in [0.15, 0.2) is 0 Å². The van der Waals surface area contributed by atoms with Crippen molar-refractivity contribution in [3.63, 3.8) is 0 Å². The van der Waals surface area contributed by atoms with Crippen LogP contribution in [0.3, 0.4) is 0 Å². The quantitative estimate of drug-likeness (QED) is 0.541. The molecule has 1 atom stereocenters. The molecule has 1 rings (SSSR count). The highest BCUT2D eigenvalue weighted by molar-refractivity contribution is 5.83. The van der Waals surface area contributed by atoms with Gasteiger partial charge in [0, 0.05) is 19.2 Å². The summed E-state index contributed by atoms with van der Waals surface area (Å²) in [5, 5.41) is 6.42. The fourth-order valence-corrected chi connectivity index (χ4v) is 1.49. The fourth-order valence-electron chi connectivity index (χ4n) is 1.49. The molecule has 2 nitrogen and oxygen atoms in total. The molecule has 10 heavy (non-hydrogen) atoms. The predicted molar refractivity (Wildman–Crippen MR) is 44.1 cm³/mol. The number of rotatable bonds is 1. The van der Waals surface area contributed by atoms with Crippen LogP contribution < -0.4 is 0 Å². The highest BCUT2D eigenvalue weighted by Gasteiger charge is 2.23. The van der Waals surface area contributed by atoms with Crippen LogP contribution in [0.2, 0.25) is 0 Å². The first-order chi connectivity index (χ1) is 4.61. The van der Waals surface area contributed by atoms with E-state index in [1.165, 1.54) is 5.71 Å². The lowest BCUT2D eigenvalue weighted by Gasteiger charge is -2.21. The van der Waals surface area contributed by atoms with E-state index < -0.39 is 0 Å². The van der Waals surface area contributed by atoms with Crippen LogP contribution in [-0.2, 0) is 0 Å². The van der Waals surface area contributed by atoms with Crippen molar-refractivity contribution in [3.8, 4) is 0 Å². The maximum absolute atomic E-state index is 4.34. The summed E-state index contributed by atoms with van der Waals surface area (Å²) in [6.45, 7) is 6.59. The normalized spacial score (nSPS) is 25.9. The zero-order valence-corrected chi connectivity index (χ0v) is 7.26. The molecule has 0 saturated heterocycles. The van der Waals surface area contributed by atoms with Crippen molar-refractivity contribution in [2.75, 3.05) is 7.05 Å². The number of hydrogen-bond donors (Lipinski definition) is 0. The molecule has 0 amide bonds. The molecule has 0 saturated carbocycles. The monoisotopic (exact) mass is 140 g/mol. The van der Waals surface area contributed by atoms with Gasteiger partial charge in [-0.2, -0.15) is 5.10 Å². The molecule has 1 aliphatic rings. The summed E-state index contributed by atoms with van der Waals surface area (Å²) in [7, 11) is 2.06. The van der Waals surface area contributed by atoms with Crippen molar-refractivity contribution in [1.82, 2.24) is 5.01 Å². The Hall–Kier alpha value is -0.530. The van der Waals surface area contributed by atoms with E-state index in [0.717, 1.165) is 6.42 Å². The molecule has 1 heterocycles. The number of hydrazone groups is 1. The first-order valence-electron chi connectivity index (χ1n) is 3.88. The Labute approximate surface area is 62.9 Å². The Morgan fingerprint density at radius 2 is 2.20 bits per heavy atom. The average Bonchev–Trinajstić information content (AvgIpc) is 2.10. The zero-order chi connectivity index (χ0) is 7.72. The third-order valence-corrected chi connectivity index (χ3v) is 2.08. The van der Waals surface area contributed by atoms with Crippen LogP contribution in [0, 0.1) is 5.92 Å². The van der Waals surface area contributed by atoms with Gasteiger partial charge < -0.3 is 0 Å². The average molecular weight is 140 g/mol. The fraction of sp³-hybridized carbons (Fsp3) is 0.875. The minimum absolute atomic E-state index is 0.639. The van der Waals surface area contributed by atoms with Crippen molar-refractivity contribution in [3.05, 3.63) is 0 Å². The summed E-state index contributed by atoms with van der Waals surface area (Å²) >= 11 is 0. The van der Waals surface area contributed by atoms with Crippen molar-refractivity contribution in [2.45, 2.75) is 33.2 Å². The van der Waals surface area contributed by atoms with Crippen LogP contribution in [0.15, 0.2) is 5.10 Å². The van der Waals surface area contributed by atoms with E-state index in [1.54, 1.807) is 0 Å². The lowest BCUT2D eigenvalue weighted by Crippen LogP contribution is -2.27. The van der Waals surface area contributed by atoms with E-state index in [-0.39, 0.29) is 0 Å². The minimum atomic E-state index is 0.639. The Morgan fingerprint density at radius 1 is 1.60 bits per heavy atom. The molecule has 0 spiro atoms. The van der Waals surface area contributed by atoms with E-state index in [2.05, 4.69) is 37.9 Å². The largest absolute Gasteiger partial charge is 0.296 e. The van der Waals surface area contributed by atoms with Crippen LogP contribution in [0.5, 0.6) is 0 Å². The Kier molecular flexibility index (Phi) is 1.97. The lowest BCUT2D eigenvalue weighted by molar-refractivity contribution is 0.228. The summed E-state index contributed by atoms with van der Waals surface area (Å²) in [6.07, 6.45) is 1.15. The topological polar surface area (TPSA) is 15.6 Å². The van der Waals surface area contributed by atoms with Gasteiger partial charge in [-0.15, -0.1) is 0 Å². The molecule has 0 radical (unpaired) electrons. The molecule has 58 valence electrons. The van der Waals surface area contributed by atoms with Gasteiger partial charge in [-0.1, -0.05) is 13.8 Å². The van der Waals surface area contributed by atoms with Gasteiger partial charge in [0.05, 0.1) is 6.04 Å². The van der Waals surface area contributed by atoms with Gasteiger partial charge in [-0.05, 0) is 12.8 Å². The Morgan fingerprint density at radius 3 is 2.40 bits per heavy atom. The van der Waals surface area contributed by atoms with E-state index in [1.807, 2.05) is 0 Å². The van der Waals surface area contributed by atoms with Gasteiger partial charge in [-0.3, -0.25) is 5.01 Å². The van der Waals surface area contributed by atoms with Crippen LogP contribution in [-0.4, -0.2) is 23.8 Å². The highest BCUT2D eigenvalue weighted by atomic mass is 15.5. The molecular formula is C8H16N2. The SMILES string of the molecule is CC1=NN(C)C(C(C)C)C1. The molecular weight excluding hydrogens is 124 g/mol. The molecule has 1 aliphatic heterocycles. The van der Waals surface area contributed by atoms with Crippen LogP contribution in [0.1, 0.15) is 27.2 Å².